The quantitative estimate of drug-likeness (QED) is 0.789. The van der Waals surface area contributed by atoms with E-state index < -0.39 is 12.7 Å². The first kappa shape index (κ1) is 21.2. The number of halogens is 3. The Hall–Kier alpha value is -2.09. The van der Waals surface area contributed by atoms with Crippen molar-refractivity contribution in [1.82, 2.24) is 10.2 Å². The van der Waals surface area contributed by atoms with Gasteiger partial charge in [0.1, 0.15) is 0 Å². The van der Waals surface area contributed by atoms with Gasteiger partial charge in [0.25, 0.3) is 5.91 Å². The minimum Gasteiger partial charge on any atom is -0.350 e. The van der Waals surface area contributed by atoms with Crippen LogP contribution in [-0.2, 0) is 4.79 Å². The molecular weight excluding hydrogens is 359 g/mol. The zero-order valence-electron chi connectivity index (χ0n) is 15.6. The lowest BCUT2D eigenvalue weighted by molar-refractivity contribution is -0.149. The third-order valence-electron chi connectivity index (χ3n) is 4.77. The molecule has 0 aromatic heterocycles. The van der Waals surface area contributed by atoms with Crippen LogP contribution in [0.15, 0.2) is 24.3 Å². The van der Waals surface area contributed by atoms with E-state index in [9.17, 15) is 22.8 Å². The third-order valence-corrected chi connectivity index (χ3v) is 4.77. The maximum absolute atomic E-state index is 12.4. The fraction of sp³-hybridized carbons (Fsp3) is 0.579. The van der Waals surface area contributed by atoms with E-state index in [1.54, 1.807) is 24.3 Å². The molecule has 8 heteroatoms. The molecule has 2 amide bonds. The predicted molar refractivity (Wildman–Crippen MR) is 97.5 cm³/mol. The summed E-state index contributed by atoms with van der Waals surface area (Å²) in [6.45, 7) is 3.49. The van der Waals surface area contributed by atoms with Gasteiger partial charge in [0.15, 0.2) is 0 Å². The van der Waals surface area contributed by atoms with E-state index >= 15 is 0 Å². The summed E-state index contributed by atoms with van der Waals surface area (Å²) in [6, 6.07) is 6.67. The zero-order chi connectivity index (χ0) is 20.0. The van der Waals surface area contributed by atoms with Crippen molar-refractivity contribution in [3.8, 4) is 0 Å². The number of alkyl halides is 3. The minimum atomic E-state index is -4.21. The Morgan fingerprint density at radius 3 is 2.30 bits per heavy atom. The van der Waals surface area contributed by atoms with Gasteiger partial charge in [0, 0.05) is 23.2 Å². The van der Waals surface area contributed by atoms with Gasteiger partial charge >= 0.3 is 6.18 Å². The number of piperidine rings is 1. The summed E-state index contributed by atoms with van der Waals surface area (Å²) in [5.41, 5.74) is 1.08. The number of nitrogens with one attached hydrogen (secondary N) is 2. The van der Waals surface area contributed by atoms with Crippen molar-refractivity contribution >= 4 is 17.5 Å². The van der Waals surface area contributed by atoms with Crippen LogP contribution in [0.1, 0.15) is 43.5 Å². The summed E-state index contributed by atoms with van der Waals surface area (Å²) in [4.78, 5) is 25.7. The number of rotatable bonds is 6. The molecule has 1 unspecified atom stereocenters. The number of anilines is 1. The van der Waals surface area contributed by atoms with E-state index in [1.165, 1.54) is 4.90 Å². The molecule has 1 heterocycles. The third kappa shape index (κ3) is 6.86. The highest BCUT2D eigenvalue weighted by Gasteiger charge is 2.33. The van der Waals surface area contributed by atoms with Crippen LogP contribution in [0.3, 0.4) is 0 Å². The van der Waals surface area contributed by atoms with Crippen molar-refractivity contribution in [1.29, 1.82) is 0 Å². The number of carbonyl (C=O) groups excluding carboxylic acids is 2. The van der Waals surface area contributed by atoms with Gasteiger partial charge in [-0.3, -0.25) is 14.5 Å². The van der Waals surface area contributed by atoms with Gasteiger partial charge in [-0.1, -0.05) is 6.92 Å². The molecule has 1 aromatic carbocycles. The second-order valence-electron chi connectivity index (χ2n) is 7.01. The smallest absolute Gasteiger partial charge is 0.350 e. The minimum absolute atomic E-state index is 0.0834. The molecule has 1 fully saturated rings. The normalized spacial score (nSPS) is 17.4. The SMILES string of the molecule is CCC(C)NC(=O)c1ccc(NC(=O)C2CCN(CC(F)(F)F)CC2)cc1. The van der Waals surface area contributed by atoms with Crippen LogP contribution < -0.4 is 10.6 Å². The van der Waals surface area contributed by atoms with Crippen LogP contribution in [0, 0.1) is 5.92 Å². The molecular formula is C19H26F3N3O2. The van der Waals surface area contributed by atoms with Crippen molar-refractivity contribution < 1.29 is 22.8 Å². The molecule has 5 nitrogen and oxygen atoms in total. The highest BCUT2D eigenvalue weighted by molar-refractivity contribution is 5.96. The molecule has 0 aliphatic carbocycles. The molecule has 0 radical (unpaired) electrons. The molecule has 2 rings (SSSR count). The first-order chi connectivity index (χ1) is 12.7. The summed E-state index contributed by atoms with van der Waals surface area (Å²) >= 11 is 0. The molecule has 1 aliphatic rings. The molecule has 27 heavy (non-hydrogen) atoms. The Labute approximate surface area is 157 Å². The number of hydrogen-bond donors (Lipinski definition) is 2. The average molecular weight is 385 g/mol. The van der Waals surface area contributed by atoms with E-state index in [4.69, 9.17) is 0 Å². The monoisotopic (exact) mass is 385 g/mol. The second-order valence-corrected chi connectivity index (χ2v) is 7.01. The summed E-state index contributed by atoms with van der Waals surface area (Å²) < 4.78 is 37.2. The van der Waals surface area contributed by atoms with Crippen LogP contribution in [-0.4, -0.2) is 48.6 Å². The summed E-state index contributed by atoms with van der Waals surface area (Å²) in [5.74, 6) is -0.666. The highest BCUT2D eigenvalue weighted by atomic mass is 19.4. The van der Waals surface area contributed by atoms with Crippen molar-refractivity contribution in [3.05, 3.63) is 29.8 Å². The number of hydrogen-bond acceptors (Lipinski definition) is 3. The van der Waals surface area contributed by atoms with Crippen LogP contribution in [0.4, 0.5) is 18.9 Å². The Morgan fingerprint density at radius 2 is 1.78 bits per heavy atom. The molecule has 2 N–H and O–H groups in total. The topological polar surface area (TPSA) is 61.4 Å². The summed E-state index contributed by atoms with van der Waals surface area (Å²) in [6.07, 6.45) is -2.58. The van der Waals surface area contributed by atoms with Crippen molar-refractivity contribution in [3.63, 3.8) is 0 Å². The van der Waals surface area contributed by atoms with Gasteiger partial charge in [-0.25, -0.2) is 0 Å². The lowest BCUT2D eigenvalue weighted by Crippen LogP contribution is -2.42. The fourth-order valence-corrected chi connectivity index (χ4v) is 2.97. The van der Waals surface area contributed by atoms with Gasteiger partial charge < -0.3 is 10.6 Å². The van der Waals surface area contributed by atoms with Gasteiger partial charge in [0.05, 0.1) is 6.54 Å². The van der Waals surface area contributed by atoms with Gasteiger partial charge in [-0.05, 0) is 63.5 Å². The van der Waals surface area contributed by atoms with Crippen LogP contribution >= 0.6 is 0 Å². The summed E-state index contributed by atoms with van der Waals surface area (Å²) in [5, 5.41) is 5.65. The molecule has 1 aromatic rings. The molecule has 0 spiro atoms. The van der Waals surface area contributed by atoms with E-state index in [0.717, 1.165) is 6.42 Å². The van der Waals surface area contributed by atoms with Crippen molar-refractivity contribution in [2.24, 2.45) is 5.92 Å². The zero-order valence-corrected chi connectivity index (χ0v) is 15.6. The van der Waals surface area contributed by atoms with E-state index in [0.29, 0.717) is 24.1 Å². The Balaban J connectivity index is 1.83. The van der Waals surface area contributed by atoms with Crippen molar-refractivity contribution in [2.75, 3.05) is 25.0 Å². The van der Waals surface area contributed by atoms with Crippen LogP contribution in [0.2, 0.25) is 0 Å². The Morgan fingerprint density at radius 1 is 1.19 bits per heavy atom. The van der Waals surface area contributed by atoms with Gasteiger partial charge in [-0.15, -0.1) is 0 Å². The van der Waals surface area contributed by atoms with E-state index in [2.05, 4.69) is 10.6 Å². The maximum atomic E-state index is 12.4. The fourth-order valence-electron chi connectivity index (χ4n) is 2.97. The molecule has 1 atom stereocenters. The average Bonchev–Trinajstić information content (AvgIpc) is 2.61. The number of likely N-dealkylation sites (tertiary alicyclic amines) is 1. The van der Waals surface area contributed by atoms with Crippen LogP contribution in [0.25, 0.3) is 0 Å². The Bertz CT molecular complexity index is 639. The molecule has 1 aliphatic heterocycles. The number of nitrogens with zero attached hydrogens (tertiary/aromatic N) is 1. The molecule has 150 valence electrons. The molecule has 1 saturated heterocycles. The van der Waals surface area contributed by atoms with Gasteiger partial charge in [-0.2, -0.15) is 13.2 Å². The summed E-state index contributed by atoms with van der Waals surface area (Å²) in [7, 11) is 0. The second kappa shape index (κ2) is 9.21. The van der Waals surface area contributed by atoms with Crippen molar-refractivity contribution in [2.45, 2.75) is 45.3 Å². The number of benzene rings is 1. The van der Waals surface area contributed by atoms with Crippen LogP contribution in [0.5, 0.6) is 0 Å². The predicted octanol–water partition coefficient (Wildman–Crippen LogP) is 3.43. The standard InChI is InChI=1S/C19H26F3N3O2/c1-3-13(2)23-17(26)14-4-6-16(7-5-14)24-18(27)15-8-10-25(11-9-15)12-19(20,21)22/h4-7,13,15H,3,8-12H2,1-2H3,(H,23,26)(H,24,27). The van der Waals surface area contributed by atoms with Gasteiger partial charge in [0.2, 0.25) is 5.91 Å². The van der Waals surface area contributed by atoms with E-state index in [1.807, 2.05) is 13.8 Å². The largest absolute Gasteiger partial charge is 0.401 e. The highest BCUT2D eigenvalue weighted by Crippen LogP contribution is 2.23. The Kier molecular flexibility index (Phi) is 7.24. The first-order valence-electron chi connectivity index (χ1n) is 9.19. The number of amides is 2. The first-order valence-corrected chi connectivity index (χ1v) is 9.19. The molecule has 0 saturated carbocycles. The lowest BCUT2D eigenvalue weighted by Gasteiger charge is -2.31. The van der Waals surface area contributed by atoms with E-state index in [-0.39, 0.29) is 36.9 Å². The maximum Gasteiger partial charge on any atom is 0.401 e. The lowest BCUT2D eigenvalue weighted by atomic mass is 9.95. The molecule has 0 bridgehead atoms. The number of carbonyl (C=O) groups is 2.